The molecule has 0 amide bonds. The molecule has 4 nitrogen and oxygen atoms in total. The van der Waals surface area contributed by atoms with Gasteiger partial charge in [0, 0.05) is 11.1 Å². The van der Waals surface area contributed by atoms with Crippen molar-refractivity contribution in [2.24, 2.45) is 0 Å². The number of nitrogens with two attached hydrogens (primary N) is 1. The van der Waals surface area contributed by atoms with Crippen molar-refractivity contribution in [3.8, 4) is 10.8 Å². The number of hydrogen-bond donors (Lipinski definition) is 1. The van der Waals surface area contributed by atoms with Gasteiger partial charge in [0.2, 0.25) is 0 Å². The maximum absolute atomic E-state index is 13.9. The first-order chi connectivity index (χ1) is 14.1. The SMILES string of the molecule is CCc1ccc([C@@H]([NH2+][C@@H](C)c2nnc(-c3cccs3)o2)c2cccc(F)c2)cc1. The zero-order chi connectivity index (χ0) is 20.2. The Kier molecular flexibility index (Phi) is 5.83. The Hall–Kier alpha value is -2.83. The number of nitrogens with zero attached hydrogens (tertiary/aromatic N) is 2. The molecule has 6 heteroatoms. The Morgan fingerprint density at radius 1 is 1.03 bits per heavy atom. The summed E-state index contributed by atoms with van der Waals surface area (Å²) in [4.78, 5) is 0.952. The maximum atomic E-state index is 13.9. The summed E-state index contributed by atoms with van der Waals surface area (Å²) in [5, 5.41) is 12.5. The van der Waals surface area contributed by atoms with Gasteiger partial charge in [-0.25, -0.2) is 4.39 Å². The predicted octanol–water partition coefficient (Wildman–Crippen LogP) is 4.91. The number of aryl methyl sites for hydroxylation is 1. The molecule has 0 fully saturated rings. The third-order valence-corrected chi connectivity index (χ3v) is 5.86. The molecule has 0 bridgehead atoms. The van der Waals surface area contributed by atoms with Crippen molar-refractivity contribution >= 4 is 11.3 Å². The van der Waals surface area contributed by atoms with Gasteiger partial charge in [0.1, 0.15) is 11.9 Å². The van der Waals surface area contributed by atoms with Gasteiger partial charge in [0.25, 0.3) is 11.8 Å². The van der Waals surface area contributed by atoms with E-state index >= 15 is 0 Å². The summed E-state index contributed by atoms with van der Waals surface area (Å²) < 4.78 is 19.8. The fourth-order valence-corrected chi connectivity index (χ4v) is 4.01. The van der Waals surface area contributed by atoms with E-state index < -0.39 is 0 Å². The highest BCUT2D eigenvalue weighted by Gasteiger charge is 2.25. The smallest absolute Gasteiger partial charge is 0.274 e. The molecule has 0 aliphatic rings. The molecule has 29 heavy (non-hydrogen) atoms. The lowest BCUT2D eigenvalue weighted by atomic mass is 9.96. The lowest BCUT2D eigenvalue weighted by Crippen LogP contribution is -2.86. The third-order valence-electron chi connectivity index (χ3n) is 5.00. The van der Waals surface area contributed by atoms with Crippen LogP contribution in [0.2, 0.25) is 0 Å². The predicted molar refractivity (Wildman–Crippen MR) is 112 cm³/mol. The van der Waals surface area contributed by atoms with Crippen LogP contribution in [0.15, 0.2) is 70.5 Å². The highest BCUT2D eigenvalue weighted by molar-refractivity contribution is 7.13. The normalized spacial score (nSPS) is 13.3. The van der Waals surface area contributed by atoms with Crippen LogP contribution in [0.5, 0.6) is 0 Å². The van der Waals surface area contributed by atoms with Gasteiger partial charge in [-0.1, -0.05) is 49.4 Å². The van der Waals surface area contributed by atoms with Crippen LogP contribution in [-0.2, 0) is 6.42 Å². The number of thiophene rings is 1. The first-order valence-electron chi connectivity index (χ1n) is 9.70. The van der Waals surface area contributed by atoms with E-state index in [1.807, 2.05) is 30.5 Å². The Labute approximate surface area is 173 Å². The molecule has 2 atom stereocenters. The maximum Gasteiger partial charge on any atom is 0.274 e. The van der Waals surface area contributed by atoms with Crippen molar-refractivity contribution in [1.82, 2.24) is 10.2 Å². The lowest BCUT2D eigenvalue weighted by Gasteiger charge is -2.19. The minimum absolute atomic E-state index is 0.0799. The zero-order valence-corrected chi connectivity index (χ0v) is 17.2. The van der Waals surface area contributed by atoms with Crippen LogP contribution in [0.4, 0.5) is 4.39 Å². The zero-order valence-electron chi connectivity index (χ0n) is 16.4. The summed E-state index contributed by atoms with van der Waals surface area (Å²) >= 11 is 1.57. The molecule has 0 radical (unpaired) electrons. The van der Waals surface area contributed by atoms with Gasteiger partial charge in [-0.3, -0.25) is 0 Å². The number of benzene rings is 2. The van der Waals surface area contributed by atoms with E-state index in [9.17, 15) is 4.39 Å². The van der Waals surface area contributed by atoms with Gasteiger partial charge in [0.15, 0.2) is 6.04 Å². The van der Waals surface area contributed by atoms with E-state index in [1.54, 1.807) is 23.5 Å². The summed E-state index contributed by atoms with van der Waals surface area (Å²) in [6, 6.07) is 19.0. The van der Waals surface area contributed by atoms with E-state index in [-0.39, 0.29) is 17.9 Å². The average Bonchev–Trinajstić information content (AvgIpc) is 3.43. The molecule has 0 saturated carbocycles. The molecular weight excluding hydrogens is 385 g/mol. The molecule has 0 saturated heterocycles. The molecule has 0 aliphatic heterocycles. The second-order valence-electron chi connectivity index (χ2n) is 7.03. The highest BCUT2D eigenvalue weighted by atomic mass is 32.1. The molecule has 0 spiro atoms. The molecule has 2 heterocycles. The molecule has 4 rings (SSSR count). The van der Waals surface area contributed by atoms with Crippen molar-refractivity contribution in [2.75, 3.05) is 0 Å². The standard InChI is InChI=1S/C23H22FN3OS/c1-3-16-9-11-17(12-10-16)21(18-6-4-7-19(24)14-18)25-15(2)22-26-27-23(28-22)20-8-5-13-29-20/h4-15,21,25H,3H2,1-2H3/p+1/t15-,21+/m0/s1. The monoisotopic (exact) mass is 408 g/mol. The quantitative estimate of drug-likeness (QED) is 0.473. The van der Waals surface area contributed by atoms with Crippen LogP contribution in [0.25, 0.3) is 10.8 Å². The Balaban J connectivity index is 1.62. The number of quaternary nitrogens is 1. The summed E-state index contributed by atoms with van der Waals surface area (Å²) in [7, 11) is 0. The number of halogens is 1. The van der Waals surface area contributed by atoms with E-state index in [2.05, 4.69) is 46.7 Å². The first-order valence-corrected chi connectivity index (χ1v) is 10.6. The minimum atomic E-state index is -0.239. The van der Waals surface area contributed by atoms with Gasteiger partial charge in [-0.05, 0) is 42.5 Å². The second kappa shape index (κ2) is 8.68. The number of rotatable bonds is 7. The molecule has 148 valence electrons. The van der Waals surface area contributed by atoms with Gasteiger partial charge in [0.05, 0.1) is 4.88 Å². The number of aromatic nitrogens is 2. The Morgan fingerprint density at radius 2 is 1.86 bits per heavy atom. The third kappa shape index (κ3) is 4.44. The van der Waals surface area contributed by atoms with Crippen molar-refractivity contribution in [3.05, 3.63) is 94.4 Å². The van der Waals surface area contributed by atoms with Crippen LogP contribution in [0.3, 0.4) is 0 Å². The van der Waals surface area contributed by atoms with Gasteiger partial charge in [-0.15, -0.1) is 21.5 Å². The van der Waals surface area contributed by atoms with Gasteiger partial charge in [-0.2, -0.15) is 0 Å². The van der Waals surface area contributed by atoms with Gasteiger partial charge < -0.3 is 9.73 Å². The summed E-state index contributed by atoms with van der Waals surface area (Å²) in [5.74, 6) is 0.848. The van der Waals surface area contributed by atoms with Crippen molar-refractivity contribution in [2.45, 2.75) is 32.4 Å². The summed E-state index contributed by atoms with van der Waals surface area (Å²) in [6.07, 6.45) is 0.985. The van der Waals surface area contributed by atoms with Crippen LogP contribution in [0.1, 0.15) is 48.5 Å². The van der Waals surface area contributed by atoms with E-state index in [0.717, 1.165) is 22.4 Å². The number of hydrogen-bond acceptors (Lipinski definition) is 4. The second-order valence-corrected chi connectivity index (χ2v) is 7.98. The van der Waals surface area contributed by atoms with E-state index in [0.29, 0.717) is 11.8 Å². The lowest BCUT2D eigenvalue weighted by molar-refractivity contribution is -0.725. The molecule has 2 N–H and O–H groups in total. The van der Waals surface area contributed by atoms with Crippen LogP contribution in [0, 0.1) is 5.82 Å². The van der Waals surface area contributed by atoms with Gasteiger partial charge >= 0.3 is 0 Å². The van der Waals surface area contributed by atoms with Crippen LogP contribution in [-0.4, -0.2) is 10.2 Å². The average molecular weight is 409 g/mol. The molecule has 4 aromatic rings. The molecule has 2 aromatic heterocycles. The Morgan fingerprint density at radius 3 is 2.55 bits per heavy atom. The van der Waals surface area contributed by atoms with Crippen molar-refractivity contribution in [1.29, 1.82) is 0 Å². The van der Waals surface area contributed by atoms with Crippen molar-refractivity contribution in [3.63, 3.8) is 0 Å². The molecule has 0 aliphatic carbocycles. The van der Waals surface area contributed by atoms with E-state index in [4.69, 9.17) is 4.42 Å². The largest absolute Gasteiger partial charge is 0.414 e. The highest BCUT2D eigenvalue weighted by Crippen LogP contribution is 2.25. The fraction of sp³-hybridized carbons (Fsp3) is 0.217. The first kappa shape index (κ1) is 19.5. The Bertz CT molecular complexity index is 1060. The van der Waals surface area contributed by atoms with Crippen molar-refractivity contribution < 1.29 is 14.1 Å². The van der Waals surface area contributed by atoms with Crippen LogP contribution >= 0.6 is 11.3 Å². The topological polar surface area (TPSA) is 55.5 Å². The molecular formula is C23H23FN3OS+. The molecule has 2 aromatic carbocycles. The summed E-state index contributed by atoms with van der Waals surface area (Å²) in [5.41, 5.74) is 3.29. The van der Waals surface area contributed by atoms with E-state index in [1.165, 1.54) is 11.6 Å². The summed E-state index contributed by atoms with van der Waals surface area (Å²) in [6.45, 7) is 4.16. The van der Waals surface area contributed by atoms with Crippen LogP contribution < -0.4 is 5.32 Å². The fourth-order valence-electron chi connectivity index (χ4n) is 3.36. The molecule has 0 unspecified atom stereocenters. The minimum Gasteiger partial charge on any atom is -0.414 e.